The first-order valence-corrected chi connectivity index (χ1v) is 9.88. The first-order chi connectivity index (χ1) is 13.0. The Hall–Kier alpha value is -2.25. The van der Waals surface area contributed by atoms with Crippen LogP contribution < -0.4 is 5.32 Å². The van der Waals surface area contributed by atoms with E-state index in [0.717, 1.165) is 19.3 Å². The average molecular weight is 388 g/mol. The Labute approximate surface area is 162 Å². The minimum atomic E-state index is -1.01. The number of amides is 1. The van der Waals surface area contributed by atoms with Crippen LogP contribution in [0.2, 0.25) is 0 Å². The summed E-state index contributed by atoms with van der Waals surface area (Å²) in [6, 6.07) is 7.25. The molecule has 3 rings (SSSR count). The lowest BCUT2D eigenvalue weighted by atomic mass is 9.79. The molecule has 0 fully saturated rings. The van der Waals surface area contributed by atoms with Crippen LogP contribution in [-0.2, 0) is 22.6 Å². The molecule has 2 aromatic rings. The van der Waals surface area contributed by atoms with Gasteiger partial charge < -0.3 is 15.2 Å². The number of thiazole rings is 1. The summed E-state index contributed by atoms with van der Waals surface area (Å²) in [5.74, 6) is -1.25. The number of carbonyl (C=O) groups is 2. The summed E-state index contributed by atoms with van der Waals surface area (Å²) in [6.45, 7) is 2.08. The van der Waals surface area contributed by atoms with Gasteiger partial charge in [0.25, 0.3) is 5.91 Å². The molecular weight excluding hydrogens is 364 g/mol. The van der Waals surface area contributed by atoms with Gasteiger partial charge in [-0.1, -0.05) is 24.3 Å². The Balaban J connectivity index is 1.73. The molecule has 2 atom stereocenters. The van der Waals surface area contributed by atoms with Crippen LogP contribution in [0.4, 0.5) is 0 Å². The van der Waals surface area contributed by atoms with Crippen LogP contribution in [0.3, 0.4) is 0 Å². The predicted octanol–water partition coefficient (Wildman–Crippen LogP) is 3.29. The molecule has 1 aromatic carbocycles. The quantitative estimate of drug-likeness (QED) is 0.760. The van der Waals surface area contributed by atoms with E-state index < -0.39 is 12.0 Å². The molecule has 0 radical (unpaired) electrons. The van der Waals surface area contributed by atoms with E-state index in [2.05, 4.69) is 22.4 Å². The molecule has 2 N–H and O–H groups in total. The number of methoxy groups -OCH3 is 1. The number of ether oxygens (including phenoxy) is 1. The smallest absolute Gasteiger partial charge is 0.326 e. The number of aromatic nitrogens is 1. The number of aryl methyl sites for hydroxylation is 2. The van der Waals surface area contributed by atoms with Crippen LogP contribution >= 0.6 is 11.3 Å². The first kappa shape index (κ1) is 19.5. The normalized spacial score (nSPS) is 17.2. The molecule has 1 aromatic heterocycles. The highest BCUT2D eigenvalue weighted by Gasteiger charge is 2.29. The summed E-state index contributed by atoms with van der Waals surface area (Å²) in [6.07, 6.45) is 3.39. The molecule has 1 aliphatic rings. The van der Waals surface area contributed by atoms with Crippen molar-refractivity contribution in [1.82, 2.24) is 10.3 Å². The molecule has 0 bridgehead atoms. The maximum absolute atomic E-state index is 12.6. The van der Waals surface area contributed by atoms with E-state index in [4.69, 9.17) is 4.74 Å². The lowest BCUT2D eigenvalue weighted by molar-refractivity contribution is -0.139. The Morgan fingerprint density at radius 3 is 2.93 bits per heavy atom. The second-order valence-corrected chi connectivity index (χ2v) is 7.93. The topological polar surface area (TPSA) is 88.5 Å². The molecule has 6 nitrogen and oxygen atoms in total. The number of rotatable bonds is 7. The SMILES string of the molecule is COCc1nc(C)c(C(=O)NC(CC2CCCc3ccccc32)C(=O)O)s1. The van der Waals surface area contributed by atoms with Crippen LogP contribution in [0.25, 0.3) is 0 Å². The minimum Gasteiger partial charge on any atom is -0.480 e. The van der Waals surface area contributed by atoms with E-state index in [0.29, 0.717) is 28.6 Å². The second kappa shape index (κ2) is 8.63. The summed E-state index contributed by atoms with van der Waals surface area (Å²) in [4.78, 5) is 29.2. The van der Waals surface area contributed by atoms with Crippen molar-refractivity contribution >= 4 is 23.2 Å². The van der Waals surface area contributed by atoms with E-state index in [1.54, 1.807) is 14.0 Å². The Kier molecular flexibility index (Phi) is 6.23. The van der Waals surface area contributed by atoms with Gasteiger partial charge in [-0.25, -0.2) is 9.78 Å². The molecule has 0 spiro atoms. The van der Waals surface area contributed by atoms with Crippen molar-refractivity contribution in [2.45, 2.75) is 51.2 Å². The highest BCUT2D eigenvalue weighted by Crippen LogP contribution is 2.34. The van der Waals surface area contributed by atoms with Crippen molar-refractivity contribution in [3.05, 3.63) is 51.0 Å². The number of benzene rings is 1. The maximum atomic E-state index is 12.6. The zero-order chi connectivity index (χ0) is 19.4. The van der Waals surface area contributed by atoms with E-state index >= 15 is 0 Å². The van der Waals surface area contributed by atoms with E-state index in [1.165, 1.54) is 22.5 Å². The predicted molar refractivity (Wildman–Crippen MR) is 103 cm³/mol. The summed E-state index contributed by atoms with van der Waals surface area (Å²) >= 11 is 1.24. The number of nitrogens with zero attached hydrogens (tertiary/aromatic N) is 1. The van der Waals surface area contributed by atoms with Crippen LogP contribution in [0.1, 0.15) is 56.7 Å². The molecule has 0 saturated heterocycles. The van der Waals surface area contributed by atoms with E-state index in [-0.39, 0.29) is 11.8 Å². The summed E-state index contributed by atoms with van der Waals surface area (Å²) in [5, 5.41) is 13.1. The maximum Gasteiger partial charge on any atom is 0.326 e. The van der Waals surface area contributed by atoms with Gasteiger partial charge >= 0.3 is 5.97 Å². The van der Waals surface area contributed by atoms with Crippen LogP contribution in [0.5, 0.6) is 0 Å². The lowest BCUT2D eigenvalue weighted by Crippen LogP contribution is -2.42. The number of hydrogen-bond donors (Lipinski definition) is 2. The van der Waals surface area contributed by atoms with Gasteiger partial charge in [-0.15, -0.1) is 11.3 Å². The van der Waals surface area contributed by atoms with Gasteiger partial charge in [-0.05, 0) is 49.7 Å². The van der Waals surface area contributed by atoms with Crippen molar-refractivity contribution in [2.24, 2.45) is 0 Å². The molecule has 1 heterocycles. The molecule has 0 saturated carbocycles. The monoisotopic (exact) mass is 388 g/mol. The fraction of sp³-hybridized carbons (Fsp3) is 0.450. The summed E-state index contributed by atoms with van der Waals surface area (Å²) in [5.41, 5.74) is 3.09. The Morgan fingerprint density at radius 1 is 1.41 bits per heavy atom. The third-order valence-electron chi connectivity index (χ3n) is 4.93. The molecule has 0 aliphatic heterocycles. The molecule has 144 valence electrons. The third kappa shape index (κ3) is 4.54. The van der Waals surface area contributed by atoms with Crippen LogP contribution in [0.15, 0.2) is 24.3 Å². The summed E-state index contributed by atoms with van der Waals surface area (Å²) < 4.78 is 5.05. The van der Waals surface area contributed by atoms with Gasteiger partial charge in [0.2, 0.25) is 0 Å². The molecular formula is C20H24N2O4S. The van der Waals surface area contributed by atoms with Gasteiger partial charge in [-0.2, -0.15) is 0 Å². The number of aliphatic carboxylic acids is 1. The van der Waals surface area contributed by atoms with Crippen LogP contribution in [0, 0.1) is 6.92 Å². The van der Waals surface area contributed by atoms with Gasteiger partial charge in [0, 0.05) is 7.11 Å². The van der Waals surface area contributed by atoms with Gasteiger partial charge in [0.05, 0.1) is 12.3 Å². The zero-order valence-electron chi connectivity index (χ0n) is 15.5. The van der Waals surface area contributed by atoms with Crippen molar-refractivity contribution in [3.8, 4) is 0 Å². The average Bonchev–Trinajstić information content (AvgIpc) is 3.02. The van der Waals surface area contributed by atoms with Crippen molar-refractivity contribution in [1.29, 1.82) is 0 Å². The largest absolute Gasteiger partial charge is 0.480 e. The Bertz CT molecular complexity index is 833. The van der Waals surface area contributed by atoms with Gasteiger partial charge in [0.1, 0.15) is 15.9 Å². The zero-order valence-corrected chi connectivity index (χ0v) is 16.3. The van der Waals surface area contributed by atoms with E-state index in [1.807, 2.05) is 12.1 Å². The number of hydrogen-bond acceptors (Lipinski definition) is 5. The van der Waals surface area contributed by atoms with E-state index in [9.17, 15) is 14.7 Å². The first-order valence-electron chi connectivity index (χ1n) is 9.06. The standard InChI is InChI=1S/C20H24N2O4S/c1-12-18(27-17(21-12)11-26-2)19(23)22-16(20(24)25)10-14-8-5-7-13-6-3-4-9-15(13)14/h3-4,6,9,14,16H,5,7-8,10-11H2,1-2H3,(H,22,23)(H,24,25). The number of carboxylic acids is 1. The lowest BCUT2D eigenvalue weighted by Gasteiger charge is -2.28. The molecule has 27 heavy (non-hydrogen) atoms. The van der Waals surface area contributed by atoms with Gasteiger partial charge in [-0.3, -0.25) is 4.79 Å². The summed E-state index contributed by atoms with van der Waals surface area (Å²) in [7, 11) is 1.57. The fourth-order valence-corrected chi connectivity index (χ4v) is 4.62. The minimum absolute atomic E-state index is 0.142. The number of carbonyl (C=O) groups excluding carboxylic acids is 1. The molecule has 2 unspecified atom stereocenters. The number of nitrogens with one attached hydrogen (secondary N) is 1. The highest BCUT2D eigenvalue weighted by molar-refractivity contribution is 7.13. The molecule has 1 aliphatic carbocycles. The Morgan fingerprint density at radius 2 is 2.19 bits per heavy atom. The van der Waals surface area contributed by atoms with Crippen molar-refractivity contribution in [2.75, 3.05) is 7.11 Å². The third-order valence-corrected chi connectivity index (χ3v) is 6.06. The highest BCUT2D eigenvalue weighted by atomic mass is 32.1. The number of carboxylic acid groups (broad SMARTS) is 1. The van der Waals surface area contributed by atoms with Crippen molar-refractivity contribution in [3.63, 3.8) is 0 Å². The molecule has 1 amide bonds. The van der Waals surface area contributed by atoms with Crippen molar-refractivity contribution < 1.29 is 19.4 Å². The second-order valence-electron chi connectivity index (χ2n) is 6.84. The molecule has 7 heteroatoms. The fourth-order valence-electron chi connectivity index (χ4n) is 3.68. The van der Waals surface area contributed by atoms with Gasteiger partial charge in [0.15, 0.2) is 0 Å². The number of fused-ring (bicyclic) bond motifs is 1. The van der Waals surface area contributed by atoms with Crippen LogP contribution in [-0.4, -0.2) is 35.1 Å².